The molecule has 2 heterocycles. The number of imidazole rings is 1. The molecule has 0 bridgehead atoms. The minimum Gasteiger partial charge on any atom is -0.328 e. The highest BCUT2D eigenvalue weighted by molar-refractivity contribution is 7.12. The molecule has 1 aromatic carbocycles. The van der Waals surface area contributed by atoms with Gasteiger partial charge in [0.1, 0.15) is 5.82 Å². The van der Waals surface area contributed by atoms with E-state index in [-0.39, 0.29) is 6.04 Å². The van der Waals surface area contributed by atoms with Crippen molar-refractivity contribution < 1.29 is 0 Å². The number of aryl methyl sites for hydroxylation is 2. The number of nitrogens with one attached hydrogen (secondary N) is 1. The van der Waals surface area contributed by atoms with E-state index >= 15 is 0 Å². The van der Waals surface area contributed by atoms with E-state index in [1.165, 1.54) is 15.3 Å². The lowest BCUT2D eigenvalue weighted by Gasteiger charge is -2.15. The van der Waals surface area contributed by atoms with E-state index in [1.54, 1.807) is 11.3 Å². The van der Waals surface area contributed by atoms with E-state index in [1.807, 2.05) is 6.07 Å². The van der Waals surface area contributed by atoms with Crippen molar-refractivity contribution in [2.24, 2.45) is 5.84 Å². The Bertz CT molecular complexity index is 744. The average Bonchev–Trinajstić information content (AvgIpc) is 3.07. The topological polar surface area (TPSA) is 55.9 Å². The van der Waals surface area contributed by atoms with Crippen molar-refractivity contribution in [3.63, 3.8) is 0 Å². The molecule has 110 valence electrons. The van der Waals surface area contributed by atoms with Crippen LogP contribution >= 0.6 is 11.3 Å². The van der Waals surface area contributed by atoms with Crippen LogP contribution in [0.3, 0.4) is 0 Å². The number of hydrogen-bond acceptors (Lipinski definition) is 4. The Morgan fingerprint density at radius 2 is 2.10 bits per heavy atom. The van der Waals surface area contributed by atoms with E-state index in [0.29, 0.717) is 0 Å². The summed E-state index contributed by atoms with van der Waals surface area (Å²) in [5, 5.41) is 0. The van der Waals surface area contributed by atoms with Gasteiger partial charge in [0.15, 0.2) is 0 Å². The molecule has 0 fully saturated rings. The third-order valence-corrected chi connectivity index (χ3v) is 4.86. The largest absolute Gasteiger partial charge is 0.328 e. The van der Waals surface area contributed by atoms with Crippen molar-refractivity contribution in [3.8, 4) is 0 Å². The van der Waals surface area contributed by atoms with Gasteiger partial charge in [-0.15, -0.1) is 11.3 Å². The van der Waals surface area contributed by atoms with E-state index in [2.05, 4.69) is 54.2 Å². The Hall–Kier alpha value is -1.69. The predicted octanol–water partition coefficient (Wildman–Crippen LogP) is 3.17. The lowest BCUT2D eigenvalue weighted by atomic mass is 10.1. The maximum atomic E-state index is 5.77. The van der Waals surface area contributed by atoms with Gasteiger partial charge in [-0.05, 0) is 38.1 Å². The van der Waals surface area contributed by atoms with Crippen LogP contribution in [-0.2, 0) is 13.0 Å². The fourth-order valence-corrected chi connectivity index (χ4v) is 3.64. The molecule has 1 unspecified atom stereocenters. The number of benzene rings is 1. The van der Waals surface area contributed by atoms with E-state index in [9.17, 15) is 0 Å². The predicted molar refractivity (Wildman–Crippen MR) is 88.2 cm³/mol. The van der Waals surface area contributed by atoms with Crippen LogP contribution in [-0.4, -0.2) is 9.55 Å². The lowest BCUT2D eigenvalue weighted by Crippen LogP contribution is -2.29. The number of para-hydroxylation sites is 2. The van der Waals surface area contributed by atoms with Crippen molar-refractivity contribution in [2.75, 3.05) is 0 Å². The van der Waals surface area contributed by atoms with Gasteiger partial charge in [-0.1, -0.05) is 12.1 Å². The molecule has 0 spiro atoms. The fraction of sp³-hybridized carbons (Fsp3) is 0.312. The molecule has 0 radical (unpaired) electrons. The lowest BCUT2D eigenvalue weighted by molar-refractivity contribution is 0.533. The zero-order valence-electron chi connectivity index (χ0n) is 12.3. The monoisotopic (exact) mass is 300 g/mol. The first-order valence-corrected chi connectivity index (χ1v) is 8.01. The van der Waals surface area contributed by atoms with Crippen LogP contribution in [0.5, 0.6) is 0 Å². The molecule has 0 aliphatic heterocycles. The van der Waals surface area contributed by atoms with Gasteiger partial charge in [0, 0.05) is 22.7 Å². The molecule has 4 nitrogen and oxygen atoms in total. The van der Waals surface area contributed by atoms with Crippen molar-refractivity contribution in [1.82, 2.24) is 15.0 Å². The summed E-state index contributed by atoms with van der Waals surface area (Å²) in [6, 6.07) is 12.6. The smallest absolute Gasteiger partial charge is 0.111 e. The molecular formula is C16H20N4S. The van der Waals surface area contributed by atoms with Crippen molar-refractivity contribution in [3.05, 3.63) is 52.0 Å². The molecule has 0 aliphatic rings. The zero-order chi connectivity index (χ0) is 14.8. The summed E-state index contributed by atoms with van der Waals surface area (Å²) >= 11 is 1.78. The third-order valence-electron chi connectivity index (χ3n) is 3.74. The Morgan fingerprint density at radius 1 is 1.29 bits per heavy atom. The summed E-state index contributed by atoms with van der Waals surface area (Å²) in [7, 11) is 0. The second kappa shape index (κ2) is 5.97. The van der Waals surface area contributed by atoms with Gasteiger partial charge in [-0.2, -0.15) is 0 Å². The fourth-order valence-electron chi connectivity index (χ4n) is 2.70. The average molecular weight is 300 g/mol. The molecular weight excluding hydrogens is 280 g/mol. The number of hydrazine groups is 1. The summed E-state index contributed by atoms with van der Waals surface area (Å²) in [5.41, 5.74) is 5.17. The second-order valence-electron chi connectivity index (χ2n) is 5.13. The number of nitrogens with two attached hydrogens (primary N) is 1. The van der Waals surface area contributed by atoms with Gasteiger partial charge in [-0.3, -0.25) is 11.3 Å². The Balaban J connectivity index is 1.96. The quantitative estimate of drug-likeness (QED) is 0.562. The number of aromatic nitrogens is 2. The van der Waals surface area contributed by atoms with Gasteiger partial charge >= 0.3 is 0 Å². The molecule has 1 atom stereocenters. The van der Waals surface area contributed by atoms with Crippen molar-refractivity contribution in [1.29, 1.82) is 0 Å². The Kier molecular flexibility index (Phi) is 4.05. The Labute approximate surface area is 128 Å². The summed E-state index contributed by atoms with van der Waals surface area (Å²) < 4.78 is 2.26. The molecule has 2 aromatic heterocycles. The van der Waals surface area contributed by atoms with Crippen LogP contribution in [0.4, 0.5) is 0 Å². The maximum absolute atomic E-state index is 5.77. The first kappa shape index (κ1) is 14.3. The molecule has 0 aliphatic carbocycles. The standard InChI is InChI=1S/C16H20N4S/c1-3-20-14-7-5-4-6-12(14)18-16(20)10-13(19-17)15-9-8-11(2)21-15/h4-9,13,19H,3,10,17H2,1-2H3. The van der Waals surface area contributed by atoms with Crippen LogP contribution in [0, 0.1) is 6.92 Å². The minimum absolute atomic E-state index is 0.103. The van der Waals surface area contributed by atoms with Crippen molar-refractivity contribution >= 4 is 22.4 Å². The molecule has 0 saturated carbocycles. The molecule has 21 heavy (non-hydrogen) atoms. The van der Waals surface area contributed by atoms with Crippen LogP contribution in [0.15, 0.2) is 36.4 Å². The number of rotatable bonds is 5. The summed E-state index contributed by atoms with van der Waals surface area (Å²) in [6.45, 7) is 5.18. The molecule has 0 amide bonds. The number of nitrogens with zero attached hydrogens (tertiary/aromatic N) is 2. The van der Waals surface area contributed by atoms with Gasteiger partial charge in [0.25, 0.3) is 0 Å². The first-order chi connectivity index (χ1) is 10.2. The van der Waals surface area contributed by atoms with Crippen LogP contribution in [0.1, 0.15) is 28.5 Å². The van der Waals surface area contributed by atoms with Crippen molar-refractivity contribution in [2.45, 2.75) is 32.9 Å². The summed E-state index contributed by atoms with van der Waals surface area (Å²) in [6.07, 6.45) is 0.791. The zero-order valence-corrected chi connectivity index (χ0v) is 13.2. The number of hydrogen-bond donors (Lipinski definition) is 2. The van der Waals surface area contributed by atoms with E-state index in [0.717, 1.165) is 24.3 Å². The van der Waals surface area contributed by atoms with Gasteiger partial charge in [0.2, 0.25) is 0 Å². The number of thiophene rings is 1. The van der Waals surface area contributed by atoms with Gasteiger partial charge in [0.05, 0.1) is 17.1 Å². The molecule has 3 rings (SSSR count). The van der Waals surface area contributed by atoms with Crippen LogP contribution in [0.2, 0.25) is 0 Å². The SMILES string of the molecule is CCn1c(CC(NN)c2ccc(C)s2)nc2ccccc21. The highest BCUT2D eigenvalue weighted by Gasteiger charge is 2.17. The van der Waals surface area contributed by atoms with Crippen LogP contribution in [0.25, 0.3) is 11.0 Å². The molecule has 3 N–H and O–H groups in total. The Morgan fingerprint density at radius 3 is 2.76 bits per heavy atom. The van der Waals surface area contributed by atoms with Crippen LogP contribution < -0.4 is 11.3 Å². The van der Waals surface area contributed by atoms with Gasteiger partial charge < -0.3 is 4.57 Å². The molecule has 0 saturated heterocycles. The summed E-state index contributed by atoms with van der Waals surface area (Å²) in [5.74, 6) is 6.84. The molecule has 5 heteroatoms. The highest BCUT2D eigenvalue weighted by atomic mass is 32.1. The second-order valence-corrected chi connectivity index (χ2v) is 6.45. The minimum atomic E-state index is 0.103. The van der Waals surface area contributed by atoms with E-state index in [4.69, 9.17) is 10.8 Å². The number of fused-ring (bicyclic) bond motifs is 1. The first-order valence-electron chi connectivity index (χ1n) is 7.19. The maximum Gasteiger partial charge on any atom is 0.111 e. The van der Waals surface area contributed by atoms with Gasteiger partial charge in [-0.25, -0.2) is 4.98 Å². The van der Waals surface area contributed by atoms with E-state index < -0.39 is 0 Å². The highest BCUT2D eigenvalue weighted by Crippen LogP contribution is 2.26. The molecule has 3 aromatic rings. The third kappa shape index (κ3) is 2.72. The summed E-state index contributed by atoms with van der Waals surface area (Å²) in [4.78, 5) is 7.33. The normalized spacial score (nSPS) is 12.9.